The van der Waals surface area contributed by atoms with Gasteiger partial charge in [-0.3, -0.25) is 0 Å². The van der Waals surface area contributed by atoms with Gasteiger partial charge in [0.25, 0.3) is 0 Å². The fourth-order valence-electron chi connectivity index (χ4n) is 2.77. The fourth-order valence-corrected chi connectivity index (χ4v) is 2.77. The van der Waals surface area contributed by atoms with Crippen molar-refractivity contribution in [2.75, 3.05) is 0 Å². The van der Waals surface area contributed by atoms with Crippen molar-refractivity contribution in [1.82, 2.24) is 0 Å². The van der Waals surface area contributed by atoms with Gasteiger partial charge in [0, 0.05) is 5.41 Å². The Morgan fingerprint density at radius 1 is 1.35 bits per heavy atom. The Morgan fingerprint density at radius 3 is 2.71 bits per heavy atom. The van der Waals surface area contributed by atoms with Gasteiger partial charge >= 0.3 is 0 Å². The molecule has 0 amide bonds. The maximum atomic E-state index is 2.38. The lowest BCUT2D eigenvalue weighted by atomic mass is 9.78. The molecule has 0 spiro atoms. The molecule has 1 aliphatic rings. The lowest BCUT2D eigenvalue weighted by Crippen LogP contribution is -2.19. The zero-order valence-electron chi connectivity index (χ0n) is 11.4. The summed E-state index contributed by atoms with van der Waals surface area (Å²) in [5.41, 5.74) is 6.20. The van der Waals surface area contributed by atoms with E-state index in [2.05, 4.69) is 64.1 Å². The zero-order chi connectivity index (χ0) is 12.5. The summed E-state index contributed by atoms with van der Waals surface area (Å²) in [5, 5.41) is 0. The maximum absolute atomic E-state index is 2.38. The van der Waals surface area contributed by atoms with Crippen LogP contribution in [0.4, 0.5) is 0 Å². The minimum atomic E-state index is 0.237. The molecular weight excluding hydrogens is 204 g/mol. The van der Waals surface area contributed by atoms with E-state index in [-0.39, 0.29) is 5.41 Å². The van der Waals surface area contributed by atoms with Crippen LogP contribution in [-0.4, -0.2) is 0 Å². The van der Waals surface area contributed by atoms with E-state index in [4.69, 9.17) is 0 Å². The van der Waals surface area contributed by atoms with Gasteiger partial charge in [0.15, 0.2) is 0 Å². The molecule has 0 aliphatic heterocycles. The molecule has 0 bridgehead atoms. The van der Waals surface area contributed by atoms with E-state index in [1.165, 1.54) is 23.1 Å². The summed E-state index contributed by atoms with van der Waals surface area (Å²) in [6.07, 6.45) is 6.86. The average molecular weight is 226 g/mol. The van der Waals surface area contributed by atoms with Crippen LogP contribution >= 0.6 is 0 Å². The molecular formula is C17H22. The quantitative estimate of drug-likeness (QED) is 0.679. The molecule has 0 radical (unpaired) electrons. The molecule has 1 aromatic rings. The van der Waals surface area contributed by atoms with Gasteiger partial charge < -0.3 is 0 Å². The van der Waals surface area contributed by atoms with Gasteiger partial charge in [0.1, 0.15) is 0 Å². The highest BCUT2D eigenvalue weighted by Gasteiger charge is 2.36. The van der Waals surface area contributed by atoms with Crippen molar-refractivity contribution in [3.05, 3.63) is 58.7 Å². The lowest BCUT2D eigenvalue weighted by molar-refractivity contribution is 0.552. The van der Waals surface area contributed by atoms with Gasteiger partial charge in [-0.05, 0) is 37.8 Å². The monoisotopic (exact) mass is 226 g/mol. The Hall–Kier alpha value is -1.30. The van der Waals surface area contributed by atoms with Crippen LogP contribution in [-0.2, 0) is 11.8 Å². The summed E-state index contributed by atoms with van der Waals surface area (Å²) in [6.45, 7) is 8.97. The highest BCUT2D eigenvalue weighted by molar-refractivity contribution is 5.51. The first-order valence-corrected chi connectivity index (χ1v) is 6.54. The molecule has 90 valence electrons. The second kappa shape index (κ2) is 4.52. The third kappa shape index (κ3) is 1.97. The van der Waals surface area contributed by atoms with Crippen molar-refractivity contribution in [3.8, 4) is 0 Å². The largest absolute Gasteiger partial charge is 0.0847 e. The van der Waals surface area contributed by atoms with Crippen LogP contribution in [0.3, 0.4) is 0 Å². The second-order valence-corrected chi connectivity index (χ2v) is 5.22. The molecule has 2 rings (SSSR count). The minimum Gasteiger partial charge on any atom is -0.0847 e. The molecule has 0 saturated carbocycles. The van der Waals surface area contributed by atoms with Gasteiger partial charge in [-0.2, -0.15) is 0 Å². The summed E-state index contributed by atoms with van der Waals surface area (Å²) in [5.74, 6) is 0. The summed E-state index contributed by atoms with van der Waals surface area (Å²) in [6, 6.07) is 8.89. The summed E-state index contributed by atoms with van der Waals surface area (Å²) >= 11 is 0. The first-order chi connectivity index (χ1) is 8.11. The predicted molar refractivity (Wildman–Crippen MR) is 75.3 cm³/mol. The summed E-state index contributed by atoms with van der Waals surface area (Å²) in [7, 11) is 0. The van der Waals surface area contributed by atoms with Crippen molar-refractivity contribution < 1.29 is 0 Å². The third-order valence-electron chi connectivity index (χ3n) is 4.27. The van der Waals surface area contributed by atoms with Gasteiger partial charge in [-0.1, -0.05) is 61.4 Å². The molecule has 1 aliphatic carbocycles. The normalized spacial score (nSPS) is 26.4. The molecule has 0 heteroatoms. The molecule has 0 saturated heterocycles. The highest BCUT2D eigenvalue weighted by Crippen LogP contribution is 2.45. The van der Waals surface area contributed by atoms with E-state index in [1.54, 1.807) is 5.57 Å². The summed E-state index contributed by atoms with van der Waals surface area (Å²) in [4.78, 5) is 0. The number of hydrogen-bond acceptors (Lipinski definition) is 0. The van der Waals surface area contributed by atoms with Crippen LogP contribution in [0.1, 0.15) is 45.2 Å². The van der Waals surface area contributed by atoms with E-state index in [0.717, 1.165) is 6.42 Å². The standard InChI is InChI=1S/C17H22/c1-5-13(3)11-15-12-14-9-7-8-10-16(14)17(15,4)6-2/h5,7-11H,6,12H2,1-4H3/b13-5-,15-11+. The molecule has 0 nitrogen and oxygen atoms in total. The molecule has 0 heterocycles. The Morgan fingerprint density at radius 2 is 2.06 bits per heavy atom. The first kappa shape index (κ1) is 12.2. The Kier molecular flexibility index (Phi) is 3.24. The lowest BCUT2D eigenvalue weighted by Gasteiger charge is -2.26. The average Bonchev–Trinajstić information content (AvgIpc) is 2.64. The van der Waals surface area contributed by atoms with Gasteiger partial charge in [-0.15, -0.1) is 0 Å². The Balaban J connectivity index is 2.52. The second-order valence-electron chi connectivity index (χ2n) is 5.22. The van der Waals surface area contributed by atoms with Gasteiger partial charge in [0.2, 0.25) is 0 Å². The Bertz CT molecular complexity index is 477. The van der Waals surface area contributed by atoms with E-state index < -0.39 is 0 Å². The number of hydrogen-bond donors (Lipinski definition) is 0. The predicted octanol–water partition coefficient (Wildman–Crippen LogP) is 4.80. The van der Waals surface area contributed by atoms with Crippen LogP contribution in [0.15, 0.2) is 47.6 Å². The van der Waals surface area contributed by atoms with Gasteiger partial charge in [0.05, 0.1) is 0 Å². The maximum Gasteiger partial charge on any atom is 0.0140 e. The van der Waals surface area contributed by atoms with Crippen LogP contribution in [0, 0.1) is 0 Å². The van der Waals surface area contributed by atoms with E-state index in [0.29, 0.717) is 0 Å². The molecule has 1 unspecified atom stereocenters. The molecule has 0 N–H and O–H groups in total. The van der Waals surface area contributed by atoms with E-state index in [9.17, 15) is 0 Å². The van der Waals surface area contributed by atoms with Crippen LogP contribution in [0.5, 0.6) is 0 Å². The SMILES string of the molecule is C/C=C(C)\C=C1/Cc2ccccc2C1(C)CC. The van der Waals surface area contributed by atoms with Crippen molar-refractivity contribution >= 4 is 0 Å². The molecule has 0 fully saturated rings. The van der Waals surface area contributed by atoms with Crippen molar-refractivity contribution in [2.45, 2.75) is 46.0 Å². The smallest absolute Gasteiger partial charge is 0.0140 e. The number of fused-ring (bicyclic) bond motifs is 1. The summed E-state index contributed by atoms with van der Waals surface area (Å²) < 4.78 is 0. The molecule has 17 heavy (non-hydrogen) atoms. The van der Waals surface area contributed by atoms with E-state index >= 15 is 0 Å². The minimum absolute atomic E-state index is 0.237. The van der Waals surface area contributed by atoms with Crippen LogP contribution in [0.25, 0.3) is 0 Å². The number of benzene rings is 1. The fraction of sp³-hybridized carbons (Fsp3) is 0.412. The third-order valence-corrected chi connectivity index (χ3v) is 4.27. The van der Waals surface area contributed by atoms with Crippen molar-refractivity contribution in [2.24, 2.45) is 0 Å². The van der Waals surface area contributed by atoms with Crippen LogP contribution in [0.2, 0.25) is 0 Å². The topological polar surface area (TPSA) is 0 Å². The number of allylic oxidation sites excluding steroid dienone is 4. The first-order valence-electron chi connectivity index (χ1n) is 6.54. The van der Waals surface area contributed by atoms with Crippen molar-refractivity contribution in [3.63, 3.8) is 0 Å². The Labute approximate surface area is 105 Å². The van der Waals surface area contributed by atoms with Crippen LogP contribution < -0.4 is 0 Å². The van der Waals surface area contributed by atoms with Gasteiger partial charge in [-0.25, -0.2) is 0 Å². The highest BCUT2D eigenvalue weighted by atomic mass is 14.4. The molecule has 0 aromatic heterocycles. The molecule has 1 aromatic carbocycles. The number of rotatable bonds is 2. The zero-order valence-corrected chi connectivity index (χ0v) is 11.4. The molecule has 1 atom stereocenters. The van der Waals surface area contributed by atoms with E-state index in [1.807, 2.05) is 0 Å². The van der Waals surface area contributed by atoms with Crippen molar-refractivity contribution in [1.29, 1.82) is 0 Å².